The van der Waals surface area contributed by atoms with Crippen molar-refractivity contribution in [2.45, 2.75) is 45.0 Å². The fourth-order valence-electron chi connectivity index (χ4n) is 4.74. The first-order valence-corrected chi connectivity index (χ1v) is 11.6. The summed E-state index contributed by atoms with van der Waals surface area (Å²) in [5.41, 5.74) is -1.03. The van der Waals surface area contributed by atoms with E-state index in [0.29, 0.717) is 47.7 Å². The zero-order valence-electron chi connectivity index (χ0n) is 19.4. The second-order valence-corrected chi connectivity index (χ2v) is 9.27. The minimum Gasteiger partial charge on any atom is -0.325 e. The van der Waals surface area contributed by atoms with E-state index in [0.717, 1.165) is 11.6 Å². The predicted octanol–water partition coefficient (Wildman–Crippen LogP) is 5.78. The molecule has 4 aromatic rings. The van der Waals surface area contributed by atoms with Crippen LogP contribution >= 0.6 is 0 Å². The Labute approximate surface area is 206 Å². The Kier molecular flexibility index (Phi) is 4.96. The van der Waals surface area contributed by atoms with Crippen molar-refractivity contribution in [1.82, 2.24) is 24.6 Å². The molecule has 37 heavy (non-hydrogen) atoms. The van der Waals surface area contributed by atoms with Gasteiger partial charge in [0.05, 0.1) is 5.39 Å². The number of hydrogen-bond donors (Lipinski definition) is 0. The number of rotatable bonds is 1. The molecule has 0 atom stereocenters. The molecule has 2 aliphatic rings. The van der Waals surface area contributed by atoms with Crippen LogP contribution in [-0.4, -0.2) is 37.3 Å². The number of benzene rings is 1. The number of hydrogen-bond acceptors (Lipinski definition) is 5. The fourth-order valence-corrected chi connectivity index (χ4v) is 4.74. The number of fused-ring (bicyclic) bond motifs is 4. The number of aromatic nitrogens is 5. The van der Waals surface area contributed by atoms with Gasteiger partial charge in [0.25, 0.3) is 5.78 Å². The van der Waals surface area contributed by atoms with Crippen LogP contribution in [0, 0.1) is 24.2 Å². The molecule has 0 saturated heterocycles. The first kappa shape index (κ1) is 23.5. The lowest BCUT2D eigenvalue weighted by atomic mass is 9.95. The average molecular weight is 516 g/mol. The Morgan fingerprint density at radius 1 is 0.973 bits per heavy atom. The highest BCUT2D eigenvalue weighted by atomic mass is 19.4. The molecule has 1 aliphatic heterocycles. The lowest BCUT2D eigenvalue weighted by molar-refractivity contribution is -0.168. The highest BCUT2D eigenvalue weighted by Crippen LogP contribution is 2.57. The number of halogens is 6. The summed E-state index contributed by atoms with van der Waals surface area (Å²) >= 11 is 0. The van der Waals surface area contributed by atoms with E-state index < -0.39 is 23.5 Å². The van der Waals surface area contributed by atoms with Crippen molar-refractivity contribution in [3.8, 4) is 11.8 Å². The Morgan fingerprint density at radius 2 is 1.76 bits per heavy atom. The molecular formula is C25H18F6N6. The number of aryl methyl sites for hydroxylation is 1. The Hall–Kier alpha value is -3.88. The summed E-state index contributed by atoms with van der Waals surface area (Å²) in [4.78, 5) is 10.3. The number of alkyl halides is 6. The molecule has 6 rings (SSSR count). The molecule has 6 nitrogen and oxygen atoms in total. The zero-order chi connectivity index (χ0) is 26.2. The van der Waals surface area contributed by atoms with Crippen molar-refractivity contribution in [3.63, 3.8) is 0 Å². The maximum atomic E-state index is 13.5. The van der Waals surface area contributed by atoms with Crippen LogP contribution in [0.15, 0.2) is 30.3 Å². The lowest BCUT2D eigenvalue weighted by Crippen LogP contribution is -2.27. The second-order valence-electron chi connectivity index (χ2n) is 9.27. The molecule has 0 N–H and O–H groups in total. The summed E-state index contributed by atoms with van der Waals surface area (Å²) in [6.45, 7) is 2.08. The molecule has 0 unspecified atom stereocenters. The van der Waals surface area contributed by atoms with Crippen LogP contribution in [-0.2, 0) is 12.6 Å². The molecule has 4 heterocycles. The van der Waals surface area contributed by atoms with Gasteiger partial charge < -0.3 is 4.90 Å². The molecule has 1 saturated carbocycles. The van der Waals surface area contributed by atoms with Crippen LogP contribution in [0.25, 0.3) is 16.8 Å². The molecule has 12 heteroatoms. The molecule has 0 bridgehead atoms. The van der Waals surface area contributed by atoms with Gasteiger partial charge in [0, 0.05) is 17.8 Å². The average Bonchev–Trinajstić information content (AvgIpc) is 3.57. The summed E-state index contributed by atoms with van der Waals surface area (Å²) in [6.07, 6.45) is -7.80. The second kappa shape index (κ2) is 7.81. The van der Waals surface area contributed by atoms with Gasteiger partial charge in [-0.25, -0.2) is 9.38 Å². The molecule has 1 aliphatic carbocycles. The highest BCUT2D eigenvalue weighted by Gasteiger charge is 2.62. The standard InChI is InChI=1S/C25H18F6N6/c1-14-34-35-22-33-20(17-7-8-19(24(26,27)28)32-21(17)37(14)22)36-13-3-5-16-15(4-2-6-18(16)36)9-10-23(11-12-23)25(29,30)31/h2,4,6-8H,3,5,11-13H2,1H3. The van der Waals surface area contributed by atoms with Crippen LogP contribution < -0.4 is 4.90 Å². The van der Waals surface area contributed by atoms with Crippen molar-refractivity contribution in [2.24, 2.45) is 5.41 Å². The molecule has 0 amide bonds. The van der Waals surface area contributed by atoms with Crippen LogP contribution in [0.4, 0.5) is 37.8 Å². The van der Waals surface area contributed by atoms with Gasteiger partial charge >= 0.3 is 12.4 Å². The number of pyridine rings is 1. The van der Waals surface area contributed by atoms with E-state index in [-0.39, 0.29) is 24.3 Å². The topological polar surface area (TPSA) is 59.2 Å². The van der Waals surface area contributed by atoms with Crippen molar-refractivity contribution in [3.05, 3.63) is 53.0 Å². The summed E-state index contributed by atoms with van der Waals surface area (Å²) in [7, 11) is 0. The summed E-state index contributed by atoms with van der Waals surface area (Å²) in [6, 6.07) is 7.43. The molecule has 3 aromatic heterocycles. The van der Waals surface area contributed by atoms with E-state index in [1.165, 1.54) is 10.5 Å². The molecule has 0 radical (unpaired) electrons. The highest BCUT2D eigenvalue weighted by molar-refractivity contribution is 5.92. The smallest absolute Gasteiger partial charge is 0.325 e. The summed E-state index contributed by atoms with van der Waals surface area (Å²) < 4.78 is 81.9. The van der Waals surface area contributed by atoms with Gasteiger partial charge in [0.1, 0.15) is 22.8 Å². The Morgan fingerprint density at radius 3 is 2.46 bits per heavy atom. The van der Waals surface area contributed by atoms with Crippen molar-refractivity contribution in [1.29, 1.82) is 0 Å². The predicted molar refractivity (Wildman–Crippen MR) is 122 cm³/mol. The van der Waals surface area contributed by atoms with Gasteiger partial charge in [0.15, 0.2) is 5.65 Å². The Balaban J connectivity index is 1.51. The fraction of sp³-hybridized carbons (Fsp3) is 0.360. The van der Waals surface area contributed by atoms with Crippen LogP contribution in [0.1, 0.15) is 41.9 Å². The molecule has 1 aromatic carbocycles. The van der Waals surface area contributed by atoms with Crippen molar-refractivity contribution >= 4 is 28.3 Å². The molecule has 190 valence electrons. The first-order valence-electron chi connectivity index (χ1n) is 11.6. The summed E-state index contributed by atoms with van der Waals surface area (Å²) in [5.74, 6) is 6.00. The van der Waals surface area contributed by atoms with Gasteiger partial charge in [-0.1, -0.05) is 17.9 Å². The first-order chi connectivity index (χ1) is 17.5. The molecule has 0 spiro atoms. The van der Waals surface area contributed by atoms with Crippen molar-refractivity contribution < 1.29 is 26.3 Å². The minimum absolute atomic E-state index is 0.00868. The van der Waals surface area contributed by atoms with Crippen LogP contribution in [0.5, 0.6) is 0 Å². The maximum Gasteiger partial charge on any atom is 0.433 e. The van der Waals surface area contributed by atoms with Gasteiger partial charge in [-0.05, 0) is 62.4 Å². The molecule has 1 fully saturated rings. The van der Waals surface area contributed by atoms with Crippen LogP contribution in [0.3, 0.4) is 0 Å². The normalized spacial score (nSPS) is 17.0. The quantitative estimate of drug-likeness (QED) is 0.237. The SMILES string of the molecule is Cc1nnc2nc(N3CCCc4c(C#CC5(C(F)(F)F)CC5)cccc43)c3ccc(C(F)(F)F)nc3n12. The number of anilines is 2. The number of nitrogens with zero attached hydrogens (tertiary/aromatic N) is 6. The third kappa shape index (κ3) is 3.75. The van der Waals surface area contributed by atoms with E-state index in [1.54, 1.807) is 25.1 Å². The van der Waals surface area contributed by atoms with E-state index in [1.807, 2.05) is 4.90 Å². The van der Waals surface area contributed by atoms with Crippen molar-refractivity contribution in [2.75, 3.05) is 11.4 Å². The van der Waals surface area contributed by atoms with Gasteiger partial charge in [0.2, 0.25) is 0 Å². The minimum atomic E-state index is -4.65. The van der Waals surface area contributed by atoms with Crippen LogP contribution in [0.2, 0.25) is 0 Å². The zero-order valence-corrected chi connectivity index (χ0v) is 19.4. The van der Waals surface area contributed by atoms with Gasteiger partial charge in [-0.15, -0.1) is 10.2 Å². The molecular weight excluding hydrogens is 498 g/mol. The van der Waals surface area contributed by atoms with E-state index in [9.17, 15) is 26.3 Å². The van der Waals surface area contributed by atoms with Gasteiger partial charge in [-0.2, -0.15) is 31.3 Å². The van der Waals surface area contributed by atoms with Gasteiger partial charge in [-0.3, -0.25) is 0 Å². The third-order valence-corrected chi connectivity index (χ3v) is 6.87. The largest absolute Gasteiger partial charge is 0.433 e. The monoisotopic (exact) mass is 516 g/mol. The van der Waals surface area contributed by atoms with E-state index in [2.05, 4.69) is 32.0 Å². The van der Waals surface area contributed by atoms with E-state index in [4.69, 9.17) is 0 Å². The summed E-state index contributed by atoms with van der Waals surface area (Å²) in [5, 5.41) is 8.32. The third-order valence-electron chi connectivity index (χ3n) is 6.87. The Bertz CT molecular complexity index is 1620. The lowest BCUT2D eigenvalue weighted by Gasteiger charge is -2.32. The van der Waals surface area contributed by atoms with E-state index >= 15 is 0 Å². The maximum absolute atomic E-state index is 13.5.